The Kier molecular flexibility index (Phi) is 10.2. The van der Waals surface area contributed by atoms with Gasteiger partial charge in [-0.15, -0.1) is 0 Å². The zero-order chi connectivity index (χ0) is 41.8. The van der Waals surface area contributed by atoms with E-state index in [1.54, 1.807) is 7.05 Å². The lowest BCUT2D eigenvalue weighted by Crippen LogP contribution is -2.43. The molecule has 2 aliphatic rings. The molecule has 0 bridgehead atoms. The summed E-state index contributed by atoms with van der Waals surface area (Å²) in [5.41, 5.74) is 17.0. The molecule has 2 aliphatic heterocycles. The van der Waals surface area contributed by atoms with Gasteiger partial charge in [0.25, 0.3) is 11.8 Å². The molecular formula is C46H52N12O2. The smallest absolute Gasteiger partial charge is 0.255 e. The average molecular weight is 805 g/mol. The van der Waals surface area contributed by atoms with E-state index < -0.39 is 0 Å². The molecular weight excluding hydrogens is 753 g/mol. The van der Waals surface area contributed by atoms with Gasteiger partial charge in [0.15, 0.2) is 11.3 Å². The van der Waals surface area contributed by atoms with Crippen molar-refractivity contribution in [3.8, 4) is 0 Å². The minimum absolute atomic E-state index is 0.0421. The molecule has 0 saturated carbocycles. The van der Waals surface area contributed by atoms with Crippen LogP contribution < -0.4 is 26.2 Å². The molecule has 2 atom stereocenters. The Morgan fingerprint density at radius 3 is 1.98 bits per heavy atom. The maximum absolute atomic E-state index is 13.2. The Morgan fingerprint density at radius 2 is 1.37 bits per heavy atom. The number of nitrogens with two attached hydrogens (primary N) is 1. The van der Waals surface area contributed by atoms with Crippen LogP contribution in [-0.2, 0) is 0 Å². The first kappa shape index (κ1) is 39.1. The Labute approximate surface area is 348 Å². The van der Waals surface area contributed by atoms with Crippen LogP contribution in [0.25, 0.3) is 55.4 Å². The number of carbonyl (C=O) groups excluding carboxylic acids is 2. The Hall–Kier alpha value is -6.38. The maximum Gasteiger partial charge on any atom is 0.255 e. The molecule has 14 nitrogen and oxygen atoms in total. The number of aromatic nitrogens is 6. The van der Waals surface area contributed by atoms with E-state index in [0.717, 1.165) is 107 Å². The lowest BCUT2D eigenvalue weighted by atomic mass is 10.0. The lowest BCUT2D eigenvalue weighted by molar-refractivity contribution is 0.0941. The Bertz CT molecular complexity index is 2950. The van der Waals surface area contributed by atoms with Crippen molar-refractivity contribution in [2.45, 2.75) is 58.2 Å². The van der Waals surface area contributed by atoms with Gasteiger partial charge in [0.05, 0.1) is 33.2 Å². The fourth-order valence-electron chi connectivity index (χ4n) is 8.94. The van der Waals surface area contributed by atoms with E-state index in [4.69, 9.17) is 25.7 Å². The number of para-hydroxylation sites is 4. The molecule has 2 amide bonds. The predicted molar refractivity (Wildman–Crippen MR) is 240 cm³/mol. The van der Waals surface area contributed by atoms with Crippen LogP contribution in [0.2, 0.25) is 0 Å². The molecule has 308 valence electrons. The van der Waals surface area contributed by atoms with Crippen molar-refractivity contribution in [1.29, 1.82) is 0 Å². The molecule has 8 aromatic rings. The van der Waals surface area contributed by atoms with Crippen molar-refractivity contribution in [2.75, 3.05) is 57.1 Å². The number of piperidine rings is 1. The standard InChI is InChI=1S/C24H28N6O.C22H24N6O/c1-15(2)26-24(31)18-13-17-20(29-12-10-16(14-29)28(3)4)9-11-25-22(17)30-21-8-6-5-7-19(21)27-23(18)30;1-13-10-19(27-9-5-6-14(23)12-27)15-11-16(22(29)24-2)21-26-17-7-3-4-8-18(17)28(21)20(15)25-13/h5-9,11,13,15-16H,10,12,14H2,1-4H3,(H,26,31);3-4,7-8,10-11,14H,5-6,9,12,23H2,1-2H3,(H,24,29)/t16-;14-/m01/s1. The molecule has 8 heterocycles. The summed E-state index contributed by atoms with van der Waals surface area (Å²) in [4.78, 5) is 52.0. The van der Waals surface area contributed by atoms with Crippen LogP contribution in [0.3, 0.4) is 0 Å². The van der Waals surface area contributed by atoms with Crippen molar-refractivity contribution >= 4 is 78.6 Å². The molecule has 0 aliphatic carbocycles. The third-order valence-corrected chi connectivity index (χ3v) is 11.9. The van der Waals surface area contributed by atoms with Crippen LogP contribution >= 0.6 is 0 Å². The number of rotatable bonds is 6. The average Bonchev–Trinajstić information content (AvgIpc) is 3.99. The number of imidazole rings is 2. The summed E-state index contributed by atoms with van der Waals surface area (Å²) in [5.74, 6) is -0.270. The van der Waals surface area contributed by atoms with Crippen molar-refractivity contribution in [1.82, 2.24) is 44.3 Å². The number of nitrogens with one attached hydrogen (secondary N) is 2. The van der Waals surface area contributed by atoms with Crippen LogP contribution in [0, 0.1) is 6.92 Å². The number of anilines is 2. The van der Waals surface area contributed by atoms with Gasteiger partial charge in [-0.25, -0.2) is 19.9 Å². The Morgan fingerprint density at radius 1 is 0.750 bits per heavy atom. The summed E-state index contributed by atoms with van der Waals surface area (Å²) in [5, 5.41) is 7.71. The van der Waals surface area contributed by atoms with E-state index in [-0.39, 0.29) is 23.9 Å². The van der Waals surface area contributed by atoms with E-state index >= 15 is 0 Å². The van der Waals surface area contributed by atoms with Gasteiger partial charge in [-0.3, -0.25) is 18.4 Å². The molecule has 14 heteroatoms. The van der Waals surface area contributed by atoms with Gasteiger partial charge in [0.2, 0.25) is 0 Å². The monoisotopic (exact) mass is 804 g/mol. The van der Waals surface area contributed by atoms with Crippen molar-refractivity contribution < 1.29 is 9.59 Å². The summed E-state index contributed by atoms with van der Waals surface area (Å²) in [7, 11) is 5.91. The highest BCUT2D eigenvalue weighted by Crippen LogP contribution is 2.35. The Balaban J connectivity index is 0.000000154. The molecule has 10 rings (SSSR count). The molecule has 0 unspecified atom stereocenters. The lowest BCUT2D eigenvalue weighted by Gasteiger charge is -2.33. The minimum atomic E-state index is -0.158. The second kappa shape index (κ2) is 15.7. The summed E-state index contributed by atoms with van der Waals surface area (Å²) in [6, 6.07) is 24.7. The number of hydrogen-bond donors (Lipinski definition) is 3. The van der Waals surface area contributed by atoms with Gasteiger partial charge in [-0.1, -0.05) is 24.3 Å². The molecule has 0 spiro atoms. The van der Waals surface area contributed by atoms with Crippen molar-refractivity contribution in [3.63, 3.8) is 0 Å². The van der Waals surface area contributed by atoms with E-state index in [0.29, 0.717) is 28.5 Å². The molecule has 2 fully saturated rings. The summed E-state index contributed by atoms with van der Waals surface area (Å²) < 4.78 is 4.04. The molecule has 6 aromatic heterocycles. The summed E-state index contributed by atoms with van der Waals surface area (Å²) in [6.07, 6.45) is 5.08. The molecule has 0 radical (unpaired) electrons. The highest BCUT2D eigenvalue weighted by atomic mass is 16.2. The number of fused-ring (bicyclic) bond motifs is 10. The second-order valence-corrected chi connectivity index (χ2v) is 16.6. The number of hydrogen-bond acceptors (Lipinski definition) is 10. The first-order valence-electron chi connectivity index (χ1n) is 20.9. The first-order chi connectivity index (χ1) is 29.0. The number of aryl methyl sites for hydroxylation is 1. The predicted octanol–water partition coefficient (Wildman–Crippen LogP) is 5.95. The number of carbonyl (C=O) groups is 2. The van der Waals surface area contributed by atoms with Crippen LogP contribution in [0.5, 0.6) is 0 Å². The van der Waals surface area contributed by atoms with Crippen LogP contribution in [0.4, 0.5) is 11.4 Å². The zero-order valence-corrected chi connectivity index (χ0v) is 35.1. The molecule has 2 saturated heterocycles. The number of nitrogens with zero attached hydrogens (tertiary/aromatic N) is 9. The van der Waals surface area contributed by atoms with Crippen LogP contribution in [0.1, 0.15) is 59.5 Å². The largest absolute Gasteiger partial charge is 0.369 e. The fraction of sp³-hybridized carbons (Fsp3) is 0.348. The van der Waals surface area contributed by atoms with E-state index in [1.807, 2.05) is 96.4 Å². The van der Waals surface area contributed by atoms with Crippen LogP contribution in [-0.4, -0.2) is 111 Å². The highest BCUT2D eigenvalue weighted by Gasteiger charge is 2.28. The second-order valence-electron chi connectivity index (χ2n) is 16.6. The quantitative estimate of drug-likeness (QED) is 0.184. The van der Waals surface area contributed by atoms with Gasteiger partial charge in [-0.05, 0) is 103 Å². The van der Waals surface area contributed by atoms with E-state index in [2.05, 4.69) is 51.6 Å². The van der Waals surface area contributed by atoms with Gasteiger partial charge in [-0.2, -0.15) is 0 Å². The van der Waals surface area contributed by atoms with Gasteiger partial charge >= 0.3 is 0 Å². The summed E-state index contributed by atoms with van der Waals surface area (Å²) in [6.45, 7) is 9.64. The van der Waals surface area contributed by atoms with Crippen LogP contribution in [0.15, 0.2) is 79.0 Å². The molecule has 4 N–H and O–H groups in total. The van der Waals surface area contributed by atoms with Gasteiger partial charge in [0.1, 0.15) is 11.3 Å². The molecule has 60 heavy (non-hydrogen) atoms. The topological polar surface area (TPSA) is 154 Å². The minimum Gasteiger partial charge on any atom is -0.369 e. The first-order valence-corrected chi connectivity index (χ1v) is 20.9. The number of likely N-dealkylation sites (N-methyl/N-ethyl adjacent to an activating group) is 1. The SMILES string of the molecule is CC(C)NC(=O)c1cc2c(N3CC[C@H](N(C)C)C3)ccnc2n2c1nc1ccccc12.CNC(=O)c1cc2c(N3CCC[C@@H](N)C3)cc(C)nc2n2c1nc1ccccc12. The zero-order valence-electron chi connectivity index (χ0n) is 35.1. The molecule has 2 aromatic carbocycles. The van der Waals surface area contributed by atoms with Gasteiger partial charge in [0, 0.05) is 85.4 Å². The third kappa shape index (κ3) is 6.88. The van der Waals surface area contributed by atoms with E-state index in [9.17, 15) is 9.59 Å². The summed E-state index contributed by atoms with van der Waals surface area (Å²) >= 11 is 0. The van der Waals surface area contributed by atoms with Gasteiger partial charge < -0.3 is 31.1 Å². The van der Waals surface area contributed by atoms with Crippen molar-refractivity contribution in [3.05, 3.63) is 95.8 Å². The number of benzene rings is 2. The third-order valence-electron chi connectivity index (χ3n) is 11.9. The fourth-order valence-corrected chi connectivity index (χ4v) is 8.94. The number of pyridine rings is 4. The number of amides is 2. The normalized spacial score (nSPS) is 17.1. The highest BCUT2D eigenvalue weighted by molar-refractivity contribution is 6.09. The maximum atomic E-state index is 13.2. The van der Waals surface area contributed by atoms with Crippen molar-refractivity contribution in [2.24, 2.45) is 5.73 Å². The van der Waals surface area contributed by atoms with E-state index in [1.165, 1.54) is 0 Å².